The van der Waals surface area contributed by atoms with E-state index in [2.05, 4.69) is 10.6 Å². The summed E-state index contributed by atoms with van der Waals surface area (Å²) >= 11 is 1.25. The van der Waals surface area contributed by atoms with E-state index in [1.807, 2.05) is 0 Å². The van der Waals surface area contributed by atoms with Crippen LogP contribution in [0.1, 0.15) is 27.0 Å². The molecule has 1 aromatic carbocycles. The van der Waals surface area contributed by atoms with E-state index in [1.54, 1.807) is 41.8 Å². The molecular weight excluding hydrogens is 344 g/mol. The molecule has 0 saturated carbocycles. The lowest BCUT2D eigenvalue weighted by atomic mass is 10.1. The lowest BCUT2D eigenvalue weighted by Crippen LogP contribution is -2.32. The van der Waals surface area contributed by atoms with Crippen LogP contribution in [0.5, 0.6) is 0 Å². The molecule has 0 atom stereocenters. The van der Waals surface area contributed by atoms with Crippen molar-refractivity contribution < 1.29 is 23.9 Å². The van der Waals surface area contributed by atoms with E-state index in [-0.39, 0.29) is 18.2 Å². The molecule has 2 N–H and O–H groups in total. The number of ether oxygens (including phenoxy) is 1. The number of esters is 1. The summed E-state index contributed by atoms with van der Waals surface area (Å²) in [6.07, 6.45) is 0. The Morgan fingerprint density at radius 3 is 2.52 bits per heavy atom. The number of benzene rings is 1. The fourth-order valence-electron chi connectivity index (χ4n) is 1.93. The van der Waals surface area contributed by atoms with Gasteiger partial charge in [-0.05, 0) is 30.5 Å². The number of carbonyl (C=O) groups is 4. The fourth-order valence-corrected chi connectivity index (χ4v) is 2.57. The molecule has 1 aromatic heterocycles. The molecule has 8 heteroatoms. The molecule has 25 heavy (non-hydrogen) atoms. The second-order valence-corrected chi connectivity index (χ2v) is 5.92. The van der Waals surface area contributed by atoms with E-state index in [9.17, 15) is 19.2 Å². The first-order chi connectivity index (χ1) is 12.0. The molecule has 0 aliphatic carbocycles. The van der Waals surface area contributed by atoms with Crippen molar-refractivity contribution in [2.45, 2.75) is 6.92 Å². The number of nitrogens with one attached hydrogen (secondary N) is 2. The van der Waals surface area contributed by atoms with Gasteiger partial charge in [0.25, 0.3) is 11.8 Å². The number of Topliss-reactive ketones (excluding diaryl/α,β-unsaturated/α-hetero) is 1. The summed E-state index contributed by atoms with van der Waals surface area (Å²) in [7, 11) is 0. The van der Waals surface area contributed by atoms with Gasteiger partial charge in [-0.2, -0.15) is 0 Å². The topological polar surface area (TPSA) is 102 Å². The molecule has 0 radical (unpaired) electrons. The van der Waals surface area contributed by atoms with Gasteiger partial charge in [0.1, 0.15) is 6.54 Å². The second kappa shape index (κ2) is 8.74. The van der Waals surface area contributed by atoms with Crippen LogP contribution in [0.2, 0.25) is 0 Å². The second-order valence-electron chi connectivity index (χ2n) is 4.97. The Bertz CT molecular complexity index is 786. The maximum atomic E-state index is 11.8. The minimum Gasteiger partial charge on any atom is -0.454 e. The molecule has 1 heterocycles. The minimum atomic E-state index is -0.736. The summed E-state index contributed by atoms with van der Waals surface area (Å²) in [6, 6.07) is 9.88. The highest BCUT2D eigenvalue weighted by Crippen LogP contribution is 2.15. The first kappa shape index (κ1) is 18.3. The average Bonchev–Trinajstić information content (AvgIpc) is 3.13. The van der Waals surface area contributed by atoms with Gasteiger partial charge in [0, 0.05) is 5.56 Å². The third-order valence-corrected chi connectivity index (χ3v) is 3.95. The van der Waals surface area contributed by atoms with Gasteiger partial charge in [-0.3, -0.25) is 19.2 Å². The quantitative estimate of drug-likeness (QED) is 0.580. The van der Waals surface area contributed by atoms with Gasteiger partial charge < -0.3 is 15.4 Å². The van der Waals surface area contributed by atoms with E-state index in [0.717, 1.165) is 0 Å². The molecule has 0 aliphatic rings. The zero-order chi connectivity index (χ0) is 18.2. The highest BCUT2D eigenvalue weighted by molar-refractivity contribution is 7.12. The Hall–Kier alpha value is -3.00. The zero-order valence-electron chi connectivity index (χ0n) is 13.4. The molecule has 0 spiro atoms. The summed E-state index contributed by atoms with van der Waals surface area (Å²) < 4.78 is 4.80. The molecule has 0 bridgehead atoms. The molecule has 0 aliphatic heterocycles. The Balaban J connectivity index is 1.77. The third-order valence-electron chi connectivity index (χ3n) is 3.08. The predicted molar refractivity (Wildman–Crippen MR) is 92.7 cm³/mol. The Morgan fingerprint density at radius 1 is 1.08 bits per heavy atom. The number of hydrogen-bond acceptors (Lipinski definition) is 6. The summed E-state index contributed by atoms with van der Waals surface area (Å²) in [5, 5.41) is 6.66. The number of hydrogen-bond donors (Lipinski definition) is 2. The van der Waals surface area contributed by atoms with Crippen molar-refractivity contribution in [2.75, 3.05) is 18.5 Å². The van der Waals surface area contributed by atoms with Gasteiger partial charge in [0.05, 0.1) is 10.6 Å². The number of anilines is 1. The van der Waals surface area contributed by atoms with Gasteiger partial charge in [-0.15, -0.1) is 11.3 Å². The first-order valence-corrected chi connectivity index (χ1v) is 8.22. The van der Waals surface area contributed by atoms with Gasteiger partial charge >= 0.3 is 5.97 Å². The number of amides is 2. The van der Waals surface area contributed by atoms with Crippen molar-refractivity contribution in [1.29, 1.82) is 0 Å². The maximum Gasteiger partial charge on any atom is 0.325 e. The van der Waals surface area contributed by atoms with E-state index >= 15 is 0 Å². The molecule has 0 saturated heterocycles. The van der Waals surface area contributed by atoms with E-state index in [0.29, 0.717) is 16.1 Å². The molecular formula is C17H16N2O5S. The van der Waals surface area contributed by atoms with Crippen molar-refractivity contribution in [3.8, 4) is 0 Å². The van der Waals surface area contributed by atoms with Crippen LogP contribution in [-0.4, -0.2) is 36.7 Å². The van der Waals surface area contributed by atoms with Crippen LogP contribution in [0.4, 0.5) is 5.69 Å². The summed E-state index contributed by atoms with van der Waals surface area (Å²) in [4.78, 5) is 47.0. The molecule has 2 amide bonds. The molecule has 0 fully saturated rings. The smallest absolute Gasteiger partial charge is 0.325 e. The number of thiophene rings is 1. The molecule has 7 nitrogen and oxygen atoms in total. The van der Waals surface area contributed by atoms with Gasteiger partial charge in [0.2, 0.25) is 0 Å². The van der Waals surface area contributed by atoms with Crippen molar-refractivity contribution in [3.63, 3.8) is 0 Å². The normalized spacial score (nSPS) is 9.96. The largest absolute Gasteiger partial charge is 0.454 e. The molecule has 0 unspecified atom stereocenters. The molecule has 2 aromatic rings. The van der Waals surface area contributed by atoms with Gasteiger partial charge in [0.15, 0.2) is 12.4 Å². The Labute approximate surface area is 148 Å². The third kappa shape index (κ3) is 5.54. The lowest BCUT2D eigenvalue weighted by Gasteiger charge is -2.09. The molecule has 130 valence electrons. The summed E-state index contributed by atoms with van der Waals surface area (Å²) in [6.45, 7) is 0.537. The van der Waals surface area contributed by atoms with Crippen LogP contribution >= 0.6 is 11.3 Å². The van der Waals surface area contributed by atoms with Crippen LogP contribution < -0.4 is 10.6 Å². The number of carbonyl (C=O) groups excluding carboxylic acids is 4. The summed E-state index contributed by atoms with van der Waals surface area (Å²) in [5.74, 6) is -1.89. The average molecular weight is 360 g/mol. The van der Waals surface area contributed by atoms with Gasteiger partial charge in [-0.1, -0.05) is 18.2 Å². The number of ketones is 1. The predicted octanol–water partition coefficient (Wildman–Crippen LogP) is 1.86. The van der Waals surface area contributed by atoms with Crippen LogP contribution in [0, 0.1) is 0 Å². The van der Waals surface area contributed by atoms with Crippen molar-refractivity contribution >= 4 is 40.6 Å². The number of para-hydroxylation sites is 1. The monoisotopic (exact) mass is 360 g/mol. The van der Waals surface area contributed by atoms with Crippen molar-refractivity contribution in [3.05, 3.63) is 52.2 Å². The minimum absolute atomic E-state index is 0.191. The SMILES string of the molecule is CC(=O)c1ccccc1NC(=O)COC(=O)CNC(=O)c1cccs1. The zero-order valence-corrected chi connectivity index (χ0v) is 14.2. The summed E-state index contributed by atoms with van der Waals surface area (Å²) in [5.41, 5.74) is 0.715. The Kier molecular flexibility index (Phi) is 6.41. The van der Waals surface area contributed by atoms with E-state index in [4.69, 9.17) is 4.74 Å². The highest BCUT2D eigenvalue weighted by Gasteiger charge is 2.13. The molecule has 2 rings (SSSR count). The van der Waals surface area contributed by atoms with Gasteiger partial charge in [-0.25, -0.2) is 0 Å². The standard InChI is InChI=1S/C17H16N2O5S/c1-11(20)12-5-2-3-6-13(12)19-15(21)10-24-16(22)9-18-17(23)14-7-4-8-25-14/h2-8H,9-10H2,1H3,(H,18,23)(H,19,21). The first-order valence-electron chi connectivity index (χ1n) is 7.34. The number of rotatable bonds is 7. The Morgan fingerprint density at radius 2 is 1.84 bits per heavy atom. The van der Waals surface area contributed by atoms with Crippen LogP contribution in [0.3, 0.4) is 0 Å². The maximum absolute atomic E-state index is 11.8. The highest BCUT2D eigenvalue weighted by atomic mass is 32.1. The lowest BCUT2D eigenvalue weighted by molar-refractivity contribution is -0.146. The van der Waals surface area contributed by atoms with Crippen LogP contribution in [0.15, 0.2) is 41.8 Å². The van der Waals surface area contributed by atoms with E-state index in [1.165, 1.54) is 18.3 Å². The van der Waals surface area contributed by atoms with Crippen LogP contribution in [0.25, 0.3) is 0 Å². The van der Waals surface area contributed by atoms with Crippen molar-refractivity contribution in [2.24, 2.45) is 0 Å². The van der Waals surface area contributed by atoms with E-state index < -0.39 is 18.5 Å². The van der Waals surface area contributed by atoms with Crippen molar-refractivity contribution in [1.82, 2.24) is 5.32 Å². The fraction of sp³-hybridized carbons (Fsp3) is 0.176. The van der Waals surface area contributed by atoms with Crippen LogP contribution in [-0.2, 0) is 14.3 Å².